The first-order chi connectivity index (χ1) is 14.0. The third kappa shape index (κ3) is 4.84. The number of benzene rings is 2. The first-order valence-corrected chi connectivity index (χ1v) is 11.3. The molecule has 0 aliphatic carbocycles. The van der Waals surface area contributed by atoms with Crippen LogP contribution in [-0.2, 0) is 27.7 Å². The second kappa shape index (κ2) is 8.39. The van der Waals surface area contributed by atoms with E-state index in [-0.39, 0.29) is 24.4 Å². The van der Waals surface area contributed by atoms with E-state index in [4.69, 9.17) is 0 Å². The van der Waals surface area contributed by atoms with E-state index in [0.29, 0.717) is 12.1 Å². The lowest BCUT2D eigenvalue weighted by Crippen LogP contribution is -2.52. The fourth-order valence-electron chi connectivity index (χ4n) is 3.62. The van der Waals surface area contributed by atoms with Gasteiger partial charge in [0.05, 0.1) is 4.90 Å². The van der Waals surface area contributed by atoms with Gasteiger partial charge in [0.1, 0.15) is 0 Å². The molecular weight excluding hydrogens is 417 g/mol. The molecule has 1 amide bonds. The first kappa shape index (κ1) is 22.3. The van der Waals surface area contributed by atoms with Crippen LogP contribution in [0.2, 0.25) is 0 Å². The highest BCUT2D eigenvalue weighted by Crippen LogP contribution is 2.46. The number of likely N-dealkylation sites (tertiary alicyclic amines) is 1. The second-order valence-corrected chi connectivity index (χ2v) is 9.64. The molecule has 0 spiro atoms. The molecule has 1 unspecified atom stereocenters. The maximum atomic E-state index is 13.9. The number of sulfone groups is 1. The van der Waals surface area contributed by atoms with Crippen molar-refractivity contribution in [3.05, 3.63) is 65.7 Å². The molecule has 1 fully saturated rings. The topological polar surface area (TPSA) is 66.5 Å². The Hall–Kier alpha value is -2.39. The van der Waals surface area contributed by atoms with Crippen molar-refractivity contribution in [1.82, 2.24) is 10.2 Å². The molecule has 30 heavy (non-hydrogen) atoms. The minimum atomic E-state index is -4.68. The number of amides is 1. The molecule has 162 valence electrons. The fraction of sp³-hybridized carbons (Fsp3) is 0.381. The van der Waals surface area contributed by atoms with E-state index < -0.39 is 33.9 Å². The van der Waals surface area contributed by atoms with Gasteiger partial charge >= 0.3 is 6.18 Å². The highest BCUT2D eigenvalue weighted by Gasteiger charge is 2.62. The zero-order chi connectivity index (χ0) is 22.0. The number of alkyl halides is 3. The van der Waals surface area contributed by atoms with Gasteiger partial charge in [-0.05, 0) is 36.2 Å². The number of halogens is 3. The average Bonchev–Trinajstić information content (AvgIpc) is 3.12. The number of hydrogen-bond acceptors (Lipinski definition) is 4. The molecule has 0 bridgehead atoms. The predicted octanol–water partition coefficient (Wildman–Crippen LogP) is 3.16. The van der Waals surface area contributed by atoms with Crippen molar-refractivity contribution in [2.75, 3.05) is 19.3 Å². The summed E-state index contributed by atoms with van der Waals surface area (Å²) in [7, 11) is -3.37. The third-order valence-corrected chi connectivity index (χ3v) is 6.51. The number of carbonyl (C=O) groups excluding carboxylic acids is 1. The van der Waals surface area contributed by atoms with E-state index in [1.165, 1.54) is 24.3 Å². The van der Waals surface area contributed by atoms with Crippen molar-refractivity contribution in [3.63, 3.8) is 0 Å². The molecule has 1 aliphatic rings. The van der Waals surface area contributed by atoms with Gasteiger partial charge in [0, 0.05) is 25.9 Å². The van der Waals surface area contributed by atoms with Crippen molar-refractivity contribution in [2.24, 2.45) is 5.41 Å². The van der Waals surface area contributed by atoms with Crippen molar-refractivity contribution < 1.29 is 26.4 Å². The fourth-order valence-corrected chi connectivity index (χ4v) is 4.25. The van der Waals surface area contributed by atoms with Gasteiger partial charge in [-0.15, -0.1) is 0 Å². The van der Waals surface area contributed by atoms with Crippen LogP contribution in [0.1, 0.15) is 17.5 Å². The van der Waals surface area contributed by atoms with Gasteiger partial charge in [-0.3, -0.25) is 9.69 Å². The number of hydrogen-bond donors (Lipinski definition) is 1. The molecule has 2 aromatic carbocycles. The van der Waals surface area contributed by atoms with E-state index in [9.17, 15) is 26.4 Å². The van der Waals surface area contributed by atoms with Crippen molar-refractivity contribution in [3.8, 4) is 0 Å². The third-order valence-electron chi connectivity index (χ3n) is 5.38. The van der Waals surface area contributed by atoms with Gasteiger partial charge in [0.15, 0.2) is 15.3 Å². The van der Waals surface area contributed by atoms with Crippen LogP contribution in [-0.4, -0.2) is 44.7 Å². The van der Waals surface area contributed by atoms with Crippen LogP contribution in [0.5, 0.6) is 0 Å². The molecule has 0 saturated carbocycles. The molecule has 1 saturated heterocycles. The Bertz CT molecular complexity index is 992. The Kier molecular flexibility index (Phi) is 6.24. The number of carbonyl (C=O) groups is 1. The van der Waals surface area contributed by atoms with Gasteiger partial charge in [0.2, 0.25) is 5.91 Å². The Labute approximate surface area is 173 Å². The Morgan fingerprint density at radius 3 is 2.27 bits per heavy atom. The van der Waals surface area contributed by atoms with Crippen molar-refractivity contribution >= 4 is 15.7 Å². The second-order valence-electron chi connectivity index (χ2n) is 7.62. The number of rotatable bonds is 6. The molecule has 2 aromatic rings. The quantitative estimate of drug-likeness (QED) is 0.750. The monoisotopic (exact) mass is 440 g/mol. The Balaban J connectivity index is 1.69. The molecule has 5 nitrogen and oxygen atoms in total. The van der Waals surface area contributed by atoms with Crippen LogP contribution in [0.3, 0.4) is 0 Å². The van der Waals surface area contributed by atoms with Gasteiger partial charge in [-0.1, -0.05) is 42.5 Å². The van der Waals surface area contributed by atoms with Gasteiger partial charge in [-0.2, -0.15) is 13.2 Å². The molecular formula is C21H23F3N2O3S. The Morgan fingerprint density at radius 1 is 1.07 bits per heavy atom. The van der Waals surface area contributed by atoms with Crippen molar-refractivity contribution in [1.29, 1.82) is 0 Å². The van der Waals surface area contributed by atoms with Crippen molar-refractivity contribution in [2.45, 2.75) is 30.6 Å². The minimum absolute atomic E-state index is 0.108. The smallest absolute Gasteiger partial charge is 0.351 e. The van der Waals surface area contributed by atoms with Gasteiger partial charge in [-0.25, -0.2) is 8.42 Å². The van der Waals surface area contributed by atoms with Gasteiger partial charge in [0.25, 0.3) is 0 Å². The predicted molar refractivity (Wildman–Crippen MR) is 106 cm³/mol. The molecule has 1 N–H and O–H groups in total. The minimum Gasteiger partial charge on any atom is -0.351 e. The summed E-state index contributed by atoms with van der Waals surface area (Å²) < 4.78 is 64.8. The number of nitrogens with zero attached hydrogens (tertiary/aromatic N) is 1. The van der Waals surface area contributed by atoms with E-state index in [2.05, 4.69) is 5.32 Å². The first-order valence-electron chi connectivity index (χ1n) is 9.42. The summed E-state index contributed by atoms with van der Waals surface area (Å²) in [6.45, 7) is 0.00736. The largest absolute Gasteiger partial charge is 0.404 e. The number of nitrogens with one attached hydrogen (secondary N) is 1. The zero-order valence-electron chi connectivity index (χ0n) is 16.4. The summed E-state index contributed by atoms with van der Waals surface area (Å²) in [6, 6.07) is 14.9. The standard InChI is InChI=1S/C21H23F3N2O3S/c1-30(28,29)18-9-7-16(8-10-18)13-25-19(27)20(21(22,23)24)11-12-26(15-20)14-17-5-3-2-4-6-17/h2-10H,11-15H2,1H3,(H,25,27). The van der Waals surface area contributed by atoms with E-state index in [1.54, 1.807) is 4.90 Å². The lowest BCUT2D eigenvalue weighted by atomic mass is 9.85. The summed E-state index contributed by atoms with van der Waals surface area (Å²) in [4.78, 5) is 14.4. The summed E-state index contributed by atoms with van der Waals surface area (Å²) in [5, 5.41) is 2.40. The zero-order valence-corrected chi connectivity index (χ0v) is 17.3. The summed E-state index contributed by atoms with van der Waals surface area (Å²) in [5.74, 6) is -1.06. The lowest BCUT2D eigenvalue weighted by Gasteiger charge is -2.30. The van der Waals surface area contributed by atoms with E-state index >= 15 is 0 Å². The summed E-state index contributed by atoms with van der Waals surface area (Å²) in [6.07, 6.45) is -3.91. The molecule has 1 aliphatic heterocycles. The van der Waals surface area contributed by atoms with Crippen LogP contribution in [0, 0.1) is 5.41 Å². The molecule has 0 aromatic heterocycles. The average molecular weight is 440 g/mol. The Morgan fingerprint density at radius 2 is 1.70 bits per heavy atom. The highest BCUT2D eigenvalue weighted by atomic mass is 32.2. The van der Waals surface area contributed by atoms with Crippen LogP contribution in [0.15, 0.2) is 59.5 Å². The van der Waals surface area contributed by atoms with E-state index in [0.717, 1.165) is 11.8 Å². The molecule has 3 rings (SSSR count). The molecule has 9 heteroatoms. The molecule has 1 atom stereocenters. The molecule has 0 radical (unpaired) electrons. The van der Waals surface area contributed by atoms with Crippen LogP contribution in [0.25, 0.3) is 0 Å². The van der Waals surface area contributed by atoms with Crippen LogP contribution in [0.4, 0.5) is 13.2 Å². The lowest BCUT2D eigenvalue weighted by molar-refractivity contribution is -0.218. The summed E-state index contributed by atoms with van der Waals surface area (Å²) >= 11 is 0. The normalized spacial score (nSPS) is 20.3. The molecule has 1 heterocycles. The maximum absolute atomic E-state index is 13.9. The maximum Gasteiger partial charge on any atom is 0.404 e. The SMILES string of the molecule is CS(=O)(=O)c1ccc(CNC(=O)C2(C(F)(F)F)CCN(Cc3ccccc3)C2)cc1. The van der Waals surface area contributed by atoms with Crippen LogP contribution >= 0.6 is 0 Å². The van der Waals surface area contributed by atoms with E-state index in [1.807, 2.05) is 30.3 Å². The van der Waals surface area contributed by atoms with Crippen LogP contribution < -0.4 is 5.32 Å². The van der Waals surface area contributed by atoms with Gasteiger partial charge < -0.3 is 5.32 Å². The summed E-state index contributed by atoms with van der Waals surface area (Å²) in [5.41, 5.74) is -1.05. The highest BCUT2D eigenvalue weighted by molar-refractivity contribution is 7.90.